The molecule has 0 saturated heterocycles. The second-order valence-corrected chi connectivity index (χ2v) is 6.12. The summed E-state index contributed by atoms with van der Waals surface area (Å²) in [5.41, 5.74) is 2.33. The Bertz CT molecular complexity index is 1040. The van der Waals surface area contributed by atoms with Crippen LogP contribution in [-0.4, -0.2) is 11.8 Å². The van der Waals surface area contributed by atoms with Crippen LogP contribution in [0, 0.1) is 11.3 Å². The number of anilines is 2. The lowest BCUT2D eigenvalue weighted by Gasteiger charge is -2.08. The van der Waals surface area contributed by atoms with Gasteiger partial charge in [-0.25, -0.2) is 0 Å². The van der Waals surface area contributed by atoms with Crippen molar-refractivity contribution in [3.63, 3.8) is 0 Å². The van der Waals surface area contributed by atoms with Crippen molar-refractivity contribution in [2.75, 3.05) is 10.6 Å². The number of hydrogen-bond acceptors (Lipinski definition) is 3. The van der Waals surface area contributed by atoms with Crippen LogP contribution >= 0.6 is 11.6 Å². The predicted molar refractivity (Wildman–Crippen MR) is 105 cm³/mol. The first-order valence-electron chi connectivity index (χ1n) is 8.03. The van der Waals surface area contributed by atoms with Gasteiger partial charge in [0.25, 0.3) is 11.8 Å². The van der Waals surface area contributed by atoms with Crippen molar-refractivity contribution in [1.29, 1.82) is 5.26 Å². The van der Waals surface area contributed by atoms with Gasteiger partial charge < -0.3 is 10.6 Å². The summed E-state index contributed by atoms with van der Waals surface area (Å²) in [6, 6.07) is 21.8. The summed E-state index contributed by atoms with van der Waals surface area (Å²) in [5, 5.41) is 14.8. The molecule has 27 heavy (non-hydrogen) atoms. The molecule has 0 spiro atoms. The van der Waals surface area contributed by atoms with E-state index in [1.165, 1.54) is 6.07 Å². The van der Waals surface area contributed by atoms with E-state index in [0.29, 0.717) is 33.1 Å². The highest BCUT2D eigenvalue weighted by Crippen LogP contribution is 2.17. The first-order valence-corrected chi connectivity index (χ1v) is 8.41. The molecule has 3 aromatic carbocycles. The molecule has 0 bridgehead atoms. The number of benzene rings is 3. The Morgan fingerprint density at radius 3 is 1.96 bits per heavy atom. The zero-order valence-electron chi connectivity index (χ0n) is 14.1. The first-order chi connectivity index (χ1) is 13.0. The maximum absolute atomic E-state index is 12.4. The van der Waals surface area contributed by atoms with Crippen molar-refractivity contribution < 1.29 is 9.59 Å². The van der Waals surface area contributed by atoms with Gasteiger partial charge in [-0.1, -0.05) is 23.7 Å². The first kappa shape index (κ1) is 18.2. The third-order valence-electron chi connectivity index (χ3n) is 3.74. The van der Waals surface area contributed by atoms with Gasteiger partial charge in [0.1, 0.15) is 0 Å². The van der Waals surface area contributed by atoms with E-state index in [2.05, 4.69) is 10.6 Å². The van der Waals surface area contributed by atoms with Crippen LogP contribution in [0.15, 0.2) is 72.8 Å². The molecule has 0 atom stereocenters. The molecular weight excluding hydrogens is 362 g/mol. The van der Waals surface area contributed by atoms with Gasteiger partial charge in [-0.05, 0) is 60.7 Å². The summed E-state index contributed by atoms with van der Waals surface area (Å²) < 4.78 is 0. The molecule has 132 valence electrons. The van der Waals surface area contributed by atoms with Gasteiger partial charge in [-0.3, -0.25) is 9.59 Å². The Balaban J connectivity index is 1.73. The Kier molecular flexibility index (Phi) is 5.50. The Labute approximate surface area is 161 Å². The van der Waals surface area contributed by atoms with Gasteiger partial charge >= 0.3 is 0 Å². The monoisotopic (exact) mass is 375 g/mol. The van der Waals surface area contributed by atoms with E-state index in [4.69, 9.17) is 16.9 Å². The molecule has 0 saturated carbocycles. The second kappa shape index (κ2) is 8.17. The van der Waals surface area contributed by atoms with Crippen LogP contribution in [0.25, 0.3) is 0 Å². The molecule has 3 aromatic rings. The van der Waals surface area contributed by atoms with Crippen LogP contribution in [0.1, 0.15) is 26.3 Å². The topological polar surface area (TPSA) is 82.0 Å². The molecule has 2 amide bonds. The van der Waals surface area contributed by atoms with Crippen molar-refractivity contribution in [2.45, 2.75) is 0 Å². The molecule has 0 aliphatic rings. The fourth-order valence-corrected chi connectivity index (χ4v) is 2.59. The van der Waals surface area contributed by atoms with Crippen LogP contribution < -0.4 is 10.6 Å². The molecular formula is C21H14ClN3O2. The van der Waals surface area contributed by atoms with Crippen LogP contribution in [0.5, 0.6) is 0 Å². The molecule has 2 N–H and O–H groups in total. The molecule has 0 aliphatic heterocycles. The van der Waals surface area contributed by atoms with Gasteiger partial charge in [-0.15, -0.1) is 0 Å². The summed E-state index contributed by atoms with van der Waals surface area (Å²) in [7, 11) is 0. The van der Waals surface area contributed by atoms with Crippen LogP contribution in [0.3, 0.4) is 0 Å². The highest BCUT2D eigenvalue weighted by atomic mass is 35.5. The minimum atomic E-state index is -0.350. The van der Waals surface area contributed by atoms with Crippen molar-refractivity contribution >= 4 is 34.8 Å². The zero-order valence-corrected chi connectivity index (χ0v) is 14.8. The molecule has 3 rings (SSSR count). The molecule has 0 fully saturated rings. The van der Waals surface area contributed by atoms with E-state index in [9.17, 15) is 9.59 Å². The number of rotatable bonds is 4. The highest BCUT2D eigenvalue weighted by Gasteiger charge is 2.11. The van der Waals surface area contributed by atoms with E-state index < -0.39 is 0 Å². The third-order valence-corrected chi connectivity index (χ3v) is 3.98. The summed E-state index contributed by atoms with van der Waals surface area (Å²) in [6.07, 6.45) is 0. The fraction of sp³-hybridized carbons (Fsp3) is 0. The van der Waals surface area contributed by atoms with Gasteiger partial charge in [0, 0.05) is 27.5 Å². The summed E-state index contributed by atoms with van der Waals surface area (Å²) in [6.45, 7) is 0. The molecule has 0 aromatic heterocycles. The number of amides is 2. The molecule has 0 unspecified atom stereocenters. The maximum Gasteiger partial charge on any atom is 0.255 e. The molecule has 0 radical (unpaired) electrons. The van der Waals surface area contributed by atoms with Crippen LogP contribution in [0.4, 0.5) is 11.4 Å². The van der Waals surface area contributed by atoms with Crippen LogP contribution in [0.2, 0.25) is 5.02 Å². The number of nitrogens with one attached hydrogen (secondary N) is 2. The van der Waals surface area contributed by atoms with Crippen molar-refractivity contribution in [3.05, 3.63) is 94.5 Å². The second-order valence-electron chi connectivity index (χ2n) is 5.69. The van der Waals surface area contributed by atoms with E-state index in [0.717, 1.165) is 0 Å². The smallest absolute Gasteiger partial charge is 0.255 e. The third kappa shape index (κ3) is 4.72. The lowest BCUT2D eigenvalue weighted by atomic mass is 10.1. The number of carbonyl (C=O) groups excluding carboxylic acids is 2. The van der Waals surface area contributed by atoms with E-state index in [1.807, 2.05) is 6.07 Å². The average Bonchev–Trinajstić information content (AvgIpc) is 2.68. The van der Waals surface area contributed by atoms with Crippen molar-refractivity contribution in [2.24, 2.45) is 0 Å². The van der Waals surface area contributed by atoms with Gasteiger partial charge in [0.05, 0.1) is 11.6 Å². The predicted octanol–water partition coefficient (Wildman–Crippen LogP) is 4.72. The number of nitrogens with zero attached hydrogens (tertiary/aromatic N) is 1. The molecule has 6 heteroatoms. The van der Waals surface area contributed by atoms with E-state index in [-0.39, 0.29) is 11.8 Å². The molecule has 0 aliphatic carbocycles. The lowest BCUT2D eigenvalue weighted by Crippen LogP contribution is -2.15. The quantitative estimate of drug-likeness (QED) is 0.692. The standard InChI is InChI=1S/C21H14ClN3O2/c22-17-5-2-6-19(12-17)25-21(27)16-4-1-3-15(11-16)20(26)24-18-9-7-14(13-23)8-10-18/h1-12H,(H,24,26)(H,25,27). The Hall–Kier alpha value is -3.62. The summed E-state index contributed by atoms with van der Waals surface area (Å²) in [5.74, 6) is -0.692. The number of hydrogen-bond donors (Lipinski definition) is 2. The SMILES string of the molecule is N#Cc1ccc(NC(=O)c2cccc(C(=O)Nc3cccc(Cl)c3)c2)cc1. The van der Waals surface area contributed by atoms with Gasteiger partial charge in [-0.2, -0.15) is 5.26 Å². The zero-order chi connectivity index (χ0) is 19.2. The Morgan fingerprint density at radius 1 is 0.778 bits per heavy atom. The number of carbonyl (C=O) groups is 2. The lowest BCUT2D eigenvalue weighted by molar-refractivity contribution is 0.102. The highest BCUT2D eigenvalue weighted by molar-refractivity contribution is 6.31. The number of halogens is 1. The largest absolute Gasteiger partial charge is 0.322 e. The fourth-order valence-electron chi connectivity index (χ4n) is 2.40. The van der Waals surface area contributed by atoms with Crippen LogP contribution in [-0.2, 0) is 0 Å². The average molecular weight is 376 g/mol. The normalized spacial score (nSPS) is 9.93. The molecule has 0 heterocycles. The molecule has 5 nitrogen and oxygen atoms in total. The van der Waals surface area contributed by atoms with E-state index >= 15 is 0 Å². The summed E-state index contributed by atoms with van der Waals surface area (Å²) in [4.78, 5) is 24.8. The van der Waals surface area contributed by atoms with Crippen molar-refractivity contribution in [3.8, 4) is 6.07 Å². The van der Waals surface area contributed by atoms with Gasteiger partial charge in [0.2, 0.25) is 0 Å². The minimum Gasteiger partial charge on any atom is -0.322 e. The van der Waals surface area contributed by atoms with Gasteiger partial charge in [0.15, 0.2) is 0 Å². The Morgan fingerprint density at radius 2 is 1.37 bits per heavy atom. The minimum absolute atomic E-state index is 0.342. The maximum atomic E-state index is 12.4. The summed E-state index contributed by atoms with van der Waals surface area (Å²) >= 11 is 5.92. The van der Waals surface area contributed by atoms with E-state index in [1.54, 1.807) is 66.7 Å². The van der Waals surface area contributed by atoms with Crippen molar-refractivity contribution in [1.82, 2.24) is 0 Å². The number of nitriles is 1.